The van der Waals surface area contributed by atoms with Gasteiger partial charge in [0.15, 0.2) is 11.5 Å². The molecule has 4 N–H and O–H groups in total. The number of hydrogen-bond donors (Lipinski definition) is 3. The van der Waals surface area contributed by atoms with Crippen LogP contribution in [0.15, 0.2) is 16.6 Å². The summed E-state index contributed by atoms with van der Waals surface area (Å²) in [6, 6.07) is 2.68. The van der Waals surface area contributed by atoms with Crippen molar-refractivity contribution in [2.75, 3.05) is 7.11 Å². The van der Waals surface area contributed by atoms with Crippen LogP contribution in [0.3, 0.4) is 0 Å². The number of rotatable bonds is 4. The number of phenolic OH excluding ortho intramolecular Hbond substituents is 1. The van der Waals surface area contributed by atoms with Gasteiger partial charge in [-0.1, -0.05) is 29.8 Å². The van der Waals surface area contributed by atoms with Crippen molar-refractivity contribution in [2.45, 2.75) is 26.0 Å². The van der Waals surface area contributed by atoms with Crippen molar-refractivity contribution < 1.29 is 14.9 Å². The van der Waals surface area contributed by atoms with Crippen LogP contribution >= 0.6 is 28.3 Å². The molecule has 0 saturated heterocycles. The lowest BCUT2D eigenvalue weighted by molar-refractivity contribution is 0.0968. The van der Waals surface area contributed by atoms with Gasteiger partial charge in [0.1, 0.15) is 0 Å². The average Bonchev–Trinajstić information content (AvgIpc) is 2.29. The number of nitrogens with two attached hydrogens (primary N) is 1. The van der Waals surface area contributed by atoms with Crippen LogP contribution in [-0.4, -0.2) is 23.4 Å². The Hall–Kier alpha value is -0.490. The topological polar surface area (TPSA) is 75.7 Å². The summed E-state index contributed by atoms with van der Waals surface area (Å²) in [7, 11) is 1.47. The molecule has 0 unspecified atom stereocenters. The minimum absolute atomic E-state index is 0. The normalized spacial score (nSPS) is 13.9. The van der Waals surface area contributed by atoms with E-state index in [9.17, 15) is 10.2 Å². The lowest BCUT2D eigenvalue weighted by atomic mass is 9.94. The number of benzene rings is 1. The molecule has 0 spiro atoms. The highest BCUT2D eigenvalue weighted by atomic mass is 79.9. The smallest absolute Gasteiger partial charge is 0.162 e. The maximum Gasteiger partial charge on any atom is 0.162 e. The number of ether oxygens (including phenoxy) is 1. The second kappa shape index (κ2) is 7.19. The monoisotopic (exact) mass is 339 g/mol. The fraction of sp³-hybridized carbons (Fsp3) is 0.500. The Morgan fingerprint density at radius 2 is 1.89 bits per heavy atom. The SMILES string of the molecule is COc1cc(Br)cc([C@@H](N)[C@@H](O)C(C)C)c1O.Cl. The van der Waals surface area contributed by atoms with Crippen molar-refractivity contribution in [1.82, 2.24) is 0 Å². The van der Waals surface area contributed by atoms with Gasteiger partial charge in [-0.25, -0.2) is 0 Å². The number of aliphatic hydroxyl groups is 1. The summed E-state index contributed by atoms with van der Waals surface area (Å²) in [5.41, 5.74) is 6.42. The average molecular weight is 341 g/mol. The molecular weight excluding hydrogens is 321 g/mol. The van der Waals surface area contributed by atoms with Gasteiger partial charge in [0.25, 0.3) is 0 Å². The van der Waals surface area contributed by atoms with E-state index >= 15 is 0 Å². The van der Waals surface area contributed by atoms with E-state index < -0.39 is 12.1 Å². The first-order chi connectivity index (χ1) is 7.88. The second-order valence-electron chi connectivity index (χ2n) is 4.31. The zero-order valence-corrected chi connectivity index (χ0v) is 13.0. The lowest BCUT2D eigenvalue weighted by Gasteiger charge is -2.24. The molecule has 18 heavy (non-hydrogen) atoms. The summed E-state index contributed by atoms with van der Waals surface area (Å²) in [6.45, 7) is 3.74. The molecule has 1 aromatic carbocycles. The predicted molar refractivity (Wildman–Crippen MR) is 77.4 cm³/mol. The third-order valence-corrected chi connectivity index (χ3v) is 3.16. The first kappa shape index (κ1) is 17.5. The van der Waals surface area contributed by atoms with Crippen molar-refractivity contribution >= 4 is 28.3 Å². The molecule has 1 rings (SSSR count). The molecule has 0 heterocycles. The Morgan fingerprint density at radius 1 is 1.33 bits per heavy atom. The third-order valence-electron chi connectivity index (χ3n) is 2.70. The van der Waals surface area contributed by atoms with Crippen LogP contribution in [0.1, 0.15) is 25.5 Å². The zero-order valence-electron chi connectivity index (χ0n) is 10.6. The molecule has 0 aliphatic rings. The van der Waals surface area contributed by atoms with Crippen LogP contribution in [0.5, 0.6) is 11.5 Å². The Morgan fingerprint density at radius 3 is 2.33 bits per heavy atom. The van der Waals surface area contributed by atoms with Crippen LogP contribution < -0.4 is 10.5 Å². The predicted octanol–water partition coefficient (Wildman–Crippen LogP) is 2.60. The molecule has 0 aromatic heterocycles. The summed E-state index contributed by atoms with van der Waals surface area (Å²) < 4.78 is 5.78. The molecule has 6 heteroatoms. The Bertz CT molecular complexity index is 401. The minimum atomic E-state index is -0.722. The van der Waals surface area contributed by atoms with Crippen molar-refractivity contribution in [3.8, 4) is 11.5 Å². The summed E-state index contributed by atoms with van der Waals surface area (Å²) >= 11 is 3.31. The van der Waals surface area contributed by atoms with Crippen molar-refractivity contribution in [1.29, 1.82) is 0 Å². The molecule has 0 fully saturated rings. The number of aliphatic hydroxyl groups excluding tert-OH is 1. The molecule has 2 atom stereocenters. The largest absolute Gasteiger partial charge is 0.504 e. The number of aromatic hydroxyl groups is 1. The van der Waals surface area contributed by atoms with Crippen molar-refractivity contribution in [3.05, 3.63) is 22.2 Å². The van der Waals surface area contributed by atoms with E-state index in [4.69, 9.17) is 10.5 Å². The summed E-state index contributed by atoms with van der Waals surface area (Å²) in [6.07, 6.45) is -0.722. The molecule has 0 amide bonds. The summed E-state index contributed by atoms with van der Waals surface area (Å²) in [5.74, 6) is 0.318. The first-order valence-corrected chi connectivity index (χ1v) is 6.17. The molecule has 104 valence electrons. The van der Waals surface area contributed by atoms with Gasteiger partial charge in [-0.3, -0.25) is 0 Å². The van der Waals surface area contributed by atoms with Crippen LogP contribution in [0, 0.1) is 5.92 Å². The van der Waals surface area contributed by atoms with E-state index in [2.05, 4.69) is 15.9 Å². The molecular formula is C12H19BrClNO3. The maximum atomic E-state index is 9.98. The van der Waals surface area contributed by atoms with Gasteiger partial charge in [-0.15, -0.1) is 12.4 Å². The van der Waals surface area contributed by atoms with Crippen LogP contribution in [-0.2, 0) is 0 Å². The Labute approximate surface area is 122 Å². The Balaban J connectivity index is 0.00000289. The van der Waals surface area contributed by atoms with E-state index in [1.54, 1.807) is 12.1 Å². The highest BCUT2D eigenvalue weighted by Gasteiger charge is 2.24. The summed E-state index contributed by atoms with van der Waals surface area (Å²) in [4.78, 5) is 0. The number of halogens is 2. The lowest BCUT2D eigenvalue weighted by Crippen LogP contribution is -2.30. The van der Waals surface area contributed by atoms with Crippen LogP contribution in [0.2, 0.25) is 0 Å². The molecule has 0 saturated carbocycles. The molecule has 4 nitrogen and oxygen atoms in total. The maximum absolute atomic E-state index is 9.98. The number of hydrogen-bond acceptors (Lipinski definition) is 4. The van der Waals surface area contributed by atoms with E-state index in [1.165, 1.54) is 7.11 Å². The molecule has 0 aliphatic carbocycles. The van der Waals surface area contributed by atoms with Gasteiger partial charge in [0, 0.05) is 10.0 Å². The highest BCUT2D eigenvalue weighted by molar-refractivity contribution is 9.10. The fourth-order valence-electron chi connectivity index (χ4n) is 1.60. The highest BCUT2D eigenvalue weighted by Crippen LogP contribution is 2.37. The van der Waals surface area contributed by atoms with Crippen LogP contribution in [0.4, 0.5) is 0 Å². The van der Waals surface area contributed by atoms with E-state index in [-0.39, 0.29) is 24.1 Å². The number of methoxy groups -OCH3 is 1. The molecule has 0 radical (unpaired) electrons. The van der Waals surface area contributed by atoms with Crippen molar-refractivity contribution in [3.63, 3.8) is 0 Å². The van der Waals surface area contributed by atoms with E-state index in [0.717, 1.165) is 4.47 Å². The molecule has 0 bridgehead atoms. The van der Waals surface area contributed by atoms with Gasteiger partial charge in [0.05, 0.1) is 19.3 Å². The van der Waals surface area contributed by atoms with Gasteiger partial charge in [-0.2, -0.15) is 0 Å². The zero-order chi connectivity index (χ0) is 13.2. The van der Waals surface area contributed by atoms with E-state index in [1.807, 2.05) is 13.8 Å². The van der Waals surface area contributed by atoms with Crippen molar-refractivity contribution in [2.24, 2.45) is 11.7 Å². The molecule has 1 aromatic rings. The standard InChI is InChI=1S/C12H18BrNO3.ClH/c1-6(2)11(15)10(14)8-4-7(13)5-9(17-3)12(8)16;/h4-6,10-11,15-16H,14H2,1-3H3;1H/t10-,11+;/m1./s1. The second-order valence-corrected chi connectivity index (χ2v) is 5.22. The summed E-state index contributed by atoms with van der Waals surface area (Å²) in [5, 5.41) is 19.9. The van der Waals surface area contributed by atoms with Gasteiger partial charge < -0.3 is 20.7 Å². The third kappa shape index (κ3) is 3.75. The van der Waals surface area contributed by atoms with Gasteiger partial charge >= 0.3 is 0 Å². The van der Waals surface area contributed by atoms with Crippen LogP contribution in [0.25, 0.3) is 0 Å². The van der Waals surface area contributed by atoms with E-state index in [0.29, 0.717) is 11.3 Å². The van der Waals surface area contributed by atoms with Gasteiger partial charge in [-0.05, 0) is 18.1 Å². The minimum Gasteiger partial charge on any atom is -0.504 e. The van der Waals surface area contributed by atoms with Gasteiger partial charge in [0.2, 0.25) is 0 Å². The fourth-order valence-corrected chi connectivity index (χ4v) is 2.06. The quantitative estimate of drug-likeness (QED) is 0.787. The molecule has 0 aliphatic heterocycles. The first-order valence-electron chi connectivity index (χ1n) is 5.38. The Kier molecular flexibility index (Phi) is 6.99. The number of phenols is 1.